The van der Waals surface area contributed by atoms with Crippen molar-refractivity contribution in [3.8, 4) is 5.75 Å². The molecule has 0 aromatic heterocycles. The number of hydrogen-bond acceptors (Lipinski definition) is 3. The molecule has 3 heteroatoms. The van der Waals surface area contributed by atoms with E-state index in [1.54, 1.807) is 11.8 Å². The largest absolute Gasteiger partial charge is 0.481 e. The van der Waals surface area contributed by atoms with Gasteiger partial charge in [-0.25, -0.2) is 0 Å². The number of thioether (sulfide) groups is 1. The van der Waals surface area contributed by atoms with E-state index in [1.165, 1.54) is 10.5 Å². The number of aldehydes is 1. The Bertz CT molecular complexity index is 349. The van der Waals surface area contributed by atoms with Gasteiger partial charge in [0.25, 0.3) is 0 Å². The molecule has 1 atom stereocenters. The Labute approximate surface area is 87.6 Å². The third-order valence-corrected chi connectivity index (χ3v) is 3.28. The number of benzene rings is 1. The highest BCUT2D eigenvalue weighted by Gasteiger charge is 2.14. The van der Waals surface area contributed by atoms with Crippen LogP contribution >= 0.6 is 11.8 Å². The summed E-state index contributed by atoms with van der Waals surface area (Å²) >= 11 is 1.71. The molecule has 1 aromatic carbocycles. The molecular weight excluding hydrogens is 196 g/mol. The summed E-state index contributed by atoms with van der Waals surface area (Å²) in [6.45, 7) is 2.07. The van der Waals surface area contributed by atoms with Crippen molar-refractivity contribution in [3.05, 3.63) is 23.8 Å². The number of carbonyl (C=O) groups is 1. The minimum atomic E-state index is 0.305. The van der Waals surface area contributed by atoms with Crippen molar-refractivity contribution in [2.75, 3.05) is 5.94 Å². The third kappa shape index (κ3) is 1.77. The normalized spacial score (nSPS) is 15.8. The molecule has 0 N–H and O–H groups in total. The fourth-order valence-corrected chi connectivity index (χ4v) is 2.30. The number of rotatable bonds is 3. The summed E-state index contributed by atoms with van der Waals surface area (Å²) in [7, 11) is 0. The molecule has 0 bridgehead atoms. The SMILES string of the molecule is CC(CC=O)c1ccc2c(c1)SCO2. The molecule has 1 aliphatic rings. The second kappa shape index (κ2) is 4.05. The van der Waals surface area contributed by atoms with Gasteiger partial charge in [0.05, 0.1) is 4.90 Å². The Morgan fingerprint density at radius 1 is 1.64 bits per heavy atom. The molecule has 1 aromatic rings. The monoisotopic (exact) mass is 208 g/mol. The first kappa shape index (κ1) is 9.59. The lowest BCUT2D eigenvalue weighted by Crippen LogP contribution is -1.94. The lowest BCUT2D eigenvalue weighted by Gasteiger charge is -2.08. The smallest absolute Gasteiger partial charge is 0.138 e. The summed E-state index contributed by atoms with van der Waals surface area (Å²) in [4.78, 5) is 11.6. The Hall–Kier alpha value is -0.960. The van der Waals surface area contributed by atoms with Crippen molar-refractivity contribution in [2.24, 2.45) is 0 Å². The van der Waals surface area contributed by atoms with Crippen molar-refractivity contribution < 1.29 is 9.53 Å². The minimum absolute atomic E-state index is 0.305. The van der Waals surface area contributed by atoms with Crippen LogP contribution in [0.3, 0.4) is 0 Å². The van der Waals surface area contributed by atoms with Crippen LogP contribution in [0.2, 0.25) is 0 Å². The Kier molecular flexibility index (Phi) is 2.77. The van der Waals surface area contributed by atoms with Gasteiger partial charge in [-0.15, -0.1) is 0 Å². The van der Waals surface area contributed by atoms with E-state index >= 15 is 0 Å². The summed E-state index contributed by atoms with van der Waals surface area (Å²) in [5.41, 5.74) is 1.22. The average molecular weight is 208 g/mol. The maximum atomic E-state index is 10.4. The fourth-order valence-electron chi connectivity index (χ4n) is 1.50. The van der Waals surface area contributed by atoms with Crippen LogP contribution in [0, 0.1) is 0 Å². The van der Waals surface area contributed by atoms with Crippen molar-refractivity contribution in [3.63, 3.8) is 0 Å². The average Bonchev–Trinajstić information content (AvgIpc) is 2.64. The van der Waals surface area contributed by atoms with E-state index in [0.29, 0.717) is 18.3 Å². The Morgan fingerprint density at radius 2 is 2.50 bits per heavy atom. The molecule has 74 valence electrons. The van der Waals surface area contributed by atoms with Crippen molar-refractivity contribution in [2.45, 2.75) is 24.2 Å². The summed E-state index contributed by atoms with van der Waals surface area (Å²) in [5, 5.41) is 0. The van der Waals surface area contributed by atoms with Gasteiger partial charge in [0.1, 0.15) is 18.0 Å². The zero-order valence-corrected chi connectivity index (χ0v) is 8.84. The van der Waals surface area contributed by atoms with Gasteiger partial charge >= 0.3 is 0 Å². The van der Waals surface area contributed by atoms with E-state index in [2.05, 4.69) is 13.0 Å². The highest BCUT2D eigenvalue weighted by Crippen LogP contribution is 2.38. The van der Waals surface area contributed by atoms with Gasteiger partial charge in [-0.3, -0.25) is 0 Å². The Balaban J connectivity index is 2.23. The molecule has 0 radical (unpaired) electrons. The predicted molar refractivity (Wildman–Crippen MR) is 56.9 cm³/mol. The van der Waals surface area contributed by atoms with Crippen LogP contribution in [0.15, 0.2) is 23.1 Å². The van der Waals surface area contributed by atoms with Crippen LogP contribution in [0.1, 0.15) is 24.8 Å². The first-order valence-corrected chi connectivity index (χ1v) is 5.63. The standard InChI is InChI=1S/C11H12O2S/c1-8(4-5-12)9-2-3-10-11(6-9)14-7-13-10/h2-3,5-6,8H,4,7H2,1H3. The quantitative estimate of drug-likeness (QED) is 0.714. The van der Waals surface area contributed by atoms with E-state index in [1.807, 2.05) is 12.1 Å². The number of fused-ring (bicyclic) bond motifs is 1. The van der Waals surface area contributed by atoms with Crippen LogP contribution in [-0.4, -0.2) is 12.2 Å². The topological polar surface area (TPSA) is 26.3 Å². The Morgan fingerprint density at radius 3 is 3.29 bits per heavy atom. The molecule has 0 amide bonds. The zero-order chi connectivity index (χ0) is 9.97. The molecule has 1 heterocycles. The second-order valence-electron chi connectivity index (χ2n) is 3.42. The van der Waals surface area contributed by atoms with Crippen LogP contribution in [0.5, 0.6) is 5.75 Å². The van der Waals surface area contributed by atoms with Crippen LogP contribution in [0.4, 0.5) is 0 Å². The lowest BCUT2D eigenvalue weighted by molar-refractivity contribution is -0.108. The molecule has 0 saturated carbocycles. The third-order valence-electron chi connectivity index (χ3n) is 2.42. The zero-order valence-electron chi connectivity index (χ0n) is 8.03. The predicted octanol–water partition coefficient (Wildman–Crippen LogP) is 2.82. The molecule has 1 aliphatic heterocycles. The van der Waals surface area contributed by atoms with E-state index in [-0.39, 0.29) is 0 Å². The van der Waals surface area contributed by atoms with Crippen LogP contribution in [0.25, 0.3) is 0 Å². The van der Waals surface area contributed by atoms with Crippen molar-refractivity contribution in [1.29, 1.82) is 0 Å². The molecule has 0 fully saturated rings. The summed E-state index contributed by atoms with van der Waals surface area (Å²) in [5.74, 6) is 1.98. The van der Waals surface area contributed by atoms with Gasteiger partial charge in [-0.2, -0.15) is 0 Å². The number of ether oxygens (including phenoxy) is 1. The van der Waals surface area contributed by atoms with Gasteiger partial charge in [0.2, 0.25) is 0 Å². The maximum absolute atomic E-state index is 10.4. The van der Waals surface area contributed by atoms with Crippen molar-refractivity contribution in [1.82, 2.24) is 0 Å². The van der Waals surface area contributed by atoms with Crippen molar-refractivity contribution >= 4 is 18.0 Å². The summed E-state index contributed by atoms with van der Waals surface area (Å²) in [6.07, 6.45) is 1.56. The van der Waals surface area contributed by atoms with E-state index in [4.69, 9.17) is 4.74 Å². The van der Waals surface area contributed by atoms with Gasteiger partial charge in [-0.1, -0.05) is 24.8 Å². The second-order valence-corrected chi connectivity index (χ2v) is 4.38. The molecule has 2 rings (SSSR count). The first-order valence-electron chi connectivity index (χ1n) is 4.64. The van der Waals surface area contributed by atoms with Crippen LogP contribution in [-0.2, 0) is 4.79 Å². The van der Waals surface area contributed by atoms with Gasteiger partial charge < -0.3 is 9.53 Å². The highest BCUT2D eigenvalue weighted by atomic mass is 32.2. The van der Waals surface area contributed by atoms with Crippen LogP contribution < -0.4 is 4.74 Å². The number of hydrogen-bond donors (Lipinski definition) is 0. The lowest BCUT2D eigenvalue weighted by atomic mass is 9.98. The molecular formula is C11H12O2S. The van der Waals surface area contributed by atoms with E-state index in [0.717, 1.165) is 12.0 Å². The molecule has 14 heavy (non-hydrogen) atoms. The molecule has 0 spiro atoms. The molecule has 2 nitrogen and oxygen atoms in total. The molecule has 1 unspecified atom stereocenters. The fraction of sp³-hybridized carbons (Fsp3) is 0.364. The van der Waals surface area contributed by atoms with Gasteiger partial charge in [0.15, 0.2) is 0 Å². The summed E-state index contributed by atoms with van der Waals surface area (Å²) in [6, 6.07) is 6.16. The van der Waals surface area contributed by atoms with E-state index in [9.17, 15) is 4.79 Å². The number of carbonyl (C=O) groups excluding carboxylic acids is 1. The maximum Gasteiger partial charge on any atom is 0.138 e. The molecule has 0 aliphatic carbocycles. The highest BCUT2D eigenvalue weighted by molar-refractivity contribution is 7.99. The van der Waals surface area contributed by atoms with Gasteiger partial charge in [-0.05, 0) is 23.6 Å². The van der Waals surface area contributed by atoms with E-state index < -0.39 is 0 Å². The van der Waals surface area contributed by atoms with Gasteiger partial charge in [0, 0.05) is 6.42 Å². The first-order chi connectivity index (χ1) is 6.81. The summed E-state index contributed by atoms with van der Waals surface area (Å²) < 4.78 is 5.39. The minimum Gasteiger partial charge on any atom is -0.481 e. The molecule has 0 saturated heterocycles.